The highest BCUT2D eigenvalue weighted by molar-refractivity contribution is 5.87. The molecule has 1 amide bonds. The van der Waals surface area contributed by atoms with Gasteiger partial charge in [0.25, 0.3) is 0 Å². The zero-order chi connectivity index (χ0) is 11.1. The van der Waals surface area contributed by atoms with Gasteiger partial charge in [-0.2, -0.15) is 11.8 Å². The number of carbonyl (C=O) groups is 3. The number of hydrogen-bond donors (Lipinski definition) is 3. The summed E-state index contributed by atoms with van der Waals surface area (Å²) < 4.78 is 0. The highest BCUT2D eigenvalue weighted by Crippen LogP contribution is 1.95. The topological polar surface area (TPSA) is 134 Å². The Balaban J connectivity index is 4.31. The van der Waals surface area contributed by atoms with Crippen molar-refractivity contribution in [3.63, 3.8) is 0 Å². The predicted molar refractivity (Wildman–Crippen MR) is 42.8 cm³/mol. The molecule has 0 aliphatic rings. The first-order valence-electron chi connectivity index (χ1n) is 3.58. The van der Waals surface area contributed by atoms with Crippen molar-refractivity contribution in [2.45, 2.75) is 19.4 Å². The molecular weight excluding hydrogens is 194 g/mol. The standard InChI is InChI=1S/C6H11N3O5/c1-3(10)9-4(6(12)14-8)2-5(11)13-7/h4H,2,7-8H2,1H3,(H,9,10). The van der Waals surface area contributed by atoms with Crippen molar-refractivity contribution in [1.82, 2.24) is 5.32 Å². The summed E-state index contributed by atoms with van der Waals surface area (Å²) in [7, 11) is 0. The maximum absolute atomic E-state index is 10.9. The lowest BCUT2D eigenvalue weighted by molar-refractivity contribution is -0.154. The van der Waals surface area contributed by atoms with E-state index in [1.165, 1.54) is 6.92 Å². The van der Waals surface area contributed by atoms with Crippen LogP contribution in [0.2, 0.25) is 0 Å². The molecule has 1 atom stereocenters. The first kappa shape index (κ1) is 12.3. The number of rotatable bonds is 4. The lowest BCUT2D eigenvalue weighted by Gasteiger charge is -2.12. The Morgan fingerprint density at radius 3 is 2.21 bits per heavy atom. The van der Waals surface area contributed by atoms with E-state index in [1.54, 1.807) is 0 Å². The van der Waals surface area contributed by atoms with Gasteiger partial charge in [0.05, 0.1) is 6.42 Å². The third-order valence-corrected chi connectivity index (χ3v) is 1.28. The van der Waals surface area contributed by atoms with Gasteiger partial charge in [-0.15, -0.1) is 0 Å². The fourth-order valence-electron chi connectivity index (χ4n) is 0.736. The Kier molecular flexibility index (Phi) is 5.19. The van der Waals surface area contributed by atoms with Crippen molar-refractivity contribution in [2.24, 2.45) is 11.8 Å². The molecule has 0 radical (unpaired) electrons. The van der Waals surface area contributed by atoms with Gasteiger partial charge >= 0.3 is 11.9 Å². The van der Waals surface area contributed by atoms with Crippen molar-refractivity contribution in [3.05, 3.63) is 0 Å². The molecular formula is C6H11N3O5. The fraction of sp³-hybridized carbons (Fsp3) is 0.500. The minimum absolute atomic E-state index is 0.438. The smallest absolute Gasteiger partial charge is 0.347 e. The largest absolute Gasteiger partial charge is 0.373 e. The van der Waals surface area contributed by atoms with Gasteiger partial charge in [0, 0.05) is 6.92 Å². The van der Waals surface area contributed by atoms with E-state index in [0.717, 1.165) is 0 Å². The summed E-state index contributed by atoms with van der Waals surface area (Å²) in [5.41, 5.74) is 0. The SMILES string of the molecule is CC(=O)NC(CC(=O)ON)C(=O)ON. The summed E-state index contributed by atoms with van der Waals surface area (Å²) >= 11 is 0. The molecule has 0 aromatic carbocycles. The monoisotopic (exact) mass is 205 g/mol. The highest BCUT2D eigenvalue weighted by Gasteiger charge is 2.24. The minimum atomic E-state index is -1.19. The Hall–Kier alpha value is -1.67. The van der Waals surface area contributed by atoms with E-state index in [-0.39, 0.29) is 0 Å². The van der Waals surface area contributed by atoms with E-state index in [9.17, 15) is 14.4 Å². The number of carbonyl (C=O) groups excluding carboxylic acids is 3. The van der Waals surface area contributed by atoms with Gasteiger partial charge in [-0.05, 0) is 0 Å². The van der Waals surface area contributed by atoms with Gasteiger partial charge in [0.1, 0.15) is 6.04 Å². The molecule has 0 fully saturated rings. The molecule has 0 aromatic heterocycles. The second-order valence-electron chi connectivity index (χ2n) is 2.38. The van der Waals surface area contributed by atoms with Crippen LogP contribution in [0.15, 0.2) is 0 Å². The van der Waals surface area contributed by atoms with Crippen LogP contribution in [0.1, 0.15) is 13.3 Å². The third-order valence-electron chi connectivity index (χ3n) is 1.28. The average molecular weight is 205 g/mol. The van der Waals surface area contributed by atoms with Crippen LogP contribution in [-0.4, -0.2) is 23.9 Å². The quantitative estimate of drug-likeness (QED) is 0.440. The summed E-state index contributed by atoms with van der Waals surface area (Å²) in [6, 6.07) is -1.19. The number of hydrogen-bond acceptors (Lipinski definition) is 7. The molecule has 5 N–H and O–H groups in total. The van der Waals surface area contributed by atoms with Gasteiger partial charge in [0.15, 0.2) is 0 Å². The number of nitrogens with two attached hydrogens (primary N) is 2. The summed E-state index contributed by atoms with van der Waals surface area (Å²) in [6.07, 6.45) is -0.438. The van der Waals surface area contributed by atoms with Crippen LogP contribution in [0.3, 0.4) is 0 Å². The molecule has 0 saturated carbocycles. The molecule has 0 bridgehead atoms. The lowest BCUT2D eigenvalue weighted by Crippen LogP contribution is -2.43. The van der Waals surface area contributed by atoms with Crippen LogP contribution in [0.25, 0.3) is 0 Å². The summed E-state index contributed by atoms with van der Waals surface area (Å²) in [5, 5.41) is 2.15. The highest BCUT2D eigenvalue weighted by atomic mass is 16.7. The zero-order valence-corrected chi connectivity index (χ0v) is 7.48. The second-order valence-corrected chi connectivity index (χ2v) is 2.38. The Bertz CT molecular complexity index is 242. The molecule has 0 rings (SSSR count). The average Bonchev–Trinajstić information content (AvgIpc) is 2.14. The minimum Gasteiger partial charge on any atom is -0.373 e. The molecule has 8 heteroatoms. The molecule has 0 aliphatic carbocycles. The zero-order valence-electron chi connectivity index (χ0n) is 7.48. The van der Waals surface area contributed by atoms with Gasteiger partial charge in [-0.25, -0.2) is 4.79 Å². The number of amides is 1. The summed E-state index contributed by atoms with van der Waals surface area (Å²) in [4.78, 5) is 39.8. The molecule has 0 saturated heterocycles. The van der Waals surface area contributed by atoms with E-state index >= 15 is 0 Å². The third kappa shape index (κ3) is 4.38. The van der Waals surface area contributed by atoms with Crippen LogP contribution in [-0.2, 0) is 24.1 Å². The van der Waals surface area contributed by atoms with Crippen molar-refractivity contribution in [1.29, 1.82) is 0 Å². The first-order valence-corrected chi connectivity index (χ1v) is 3.58. The Morgan fingerprint density at radius 1 is 1.29 bits per heavy atom. The molecule has 0 aliphatic heterocycles. The van der Waals surface area contributed by atoms with Crippen molar-refractivity contribution < 1.29 is 24.1 Å². The van der Waals surface area contributed by atoms with Gasteiger partial charge in [-0.3, -0.25) is 9.59 Å². The second kappa shape index (κ2) is 5.89. The van der Waals surface area contributed by atoms with Gasteiger partial charge in [-0.1, -0.05) is 0 Å². The van der Waals surface area contributed by atoms with Crippen LogP contribution >= 0.6 is 0 Å². The Morgan fingerprint density at radius 2 is 1.86 bits per heavy atom. The van der Waals surface area contributed by atoms with Gasteiger partial charge < -0.3 is 15.0 Å². The normalized spacial score (nSPS) is 11.4. The van der Waals surface area contributed by atoms with E-state index in [4.69, 9.17) is 0 Å². The fourth-order valence-corrected chi connectivity index (χ4v) is 0.736. The van der Waals surface area contributed by atoms with E-state index in [0.29, 0.717) is 0 Å². The predicted octanol–water partition coefficient (Wildman–Crippen LogP) is -2.28. The van der Waals surface area contributed by atoms with E-state index in [2.05, 4.69) is 26.8 Å². The molecule has 0 spiro atoms. The molecule has 8 nitrogen and oxygen atoms in total. The van der Waals surface area contributed by atoms with Crippen molar-refractivity contribution in [2.75, 3.05) is 0 Å². The van der Waals surface area contributed by atoms with Gasteiger partial charge in [0.2, 0.25) is 5.91 Å². The molecule has 0 aromatic rings. The first-order chi connectivity index (χ1) is 6.51. The van der Waals surface area contributed by atoms with Crippen molar-refractivity contribution >= 4 is 17.8 Å². The van der Waals surface area contributed by atoms with Crippen LogP contribution in [0.4, 0.5) is 0 Å². The molecule has 0 heterocycles. The summed E-state index contributed by atoms with van der Waals surface area (Å²) in [6.45, 7) is 1.17. The van der Waals surface area contributed by atoms with Crippen LogP contribution < -0.4 is 17.1 Å². The Labute approximate surface area is 79.4 Å². The van der Waals surface area contributed by atoms with E-state index in [1.807, 2.05) is 0 Å². The number of nitrogens with one attached hydrogen (secondary N) is 1. The van der Waals surface area contributed by atoms with E-state index < -0.39 is 30.3 Å². The molecule has 80 valence electrons. The molecule has 14 heavy (non-hydrogen) atoms. The van der Waals surface area contributed by atoms with Crippen molar-refractivity contribution in [3.8, 4) is 0 Å². The summed E-state index contributed by atoms with van der Waals surface area (Å²) in [5.74, 6) is 6.80. The van der Waals surface area contributed by atoms with Crippen LogP contribution in [0, 0.1) is 0 Å². The molecule has 1 unspecified atom stereocenters. The maximum Gasteiger partial charge on any atom is 0.347 e. The van der Waals surface area contributed by atoms with Crippen LogP contribution in [0.5, 0.6) is 0 Å². The lowest BCUT2D eigenvalue weighted by atomic mass is 10.2. The maximum atomic E-state index is 10.9.